The molecule has 0 atom stereocenters. The first-order chi connectivity index (χ1) is 9.63. The minimum atomic E-state index is 0.0129. The Morgan fingerprint density at radius 2 is 1.50 bits per heavy atom. The summed E-state index contributed by atoms with van der Waals surface area (Å²) in [6.45, 7) is 4.70. The van der Waals surface area contributed by atoms with Crippen LogP contribution < -0.4 is 0 Å². The molecule has 2 fully saturated rings. The molecule has 0 unspecified atom stereocenters. The van der Waals surface area contributed by atoms with Crippen LogP contribution in [-0.4, -0.2) is 7.11 Å². The summed E-state index contributed by atoms with van der Waals surface area (Å²) in [4.78, 5) is 0. The van der Waals surface area contributed by atoms with E-state index in [1.807, 2.05) is 7.11 Å². The summed E-state index contributed by atoms with van der Waals surface area (Å²) < 4.78 is 5.83. The van der Waals surface area contributed by atoms with Crippen LogP contribution in [0.3, 0.4) is 0 Å². The highest BCUT2D eigenvalue weighted by atomic mass is 16.5. The first kappa shape index (κ1) is 14.1. The third kappa shape index (κ3) is 2.53. The highest BCUT2D eigenvalue weighted by molar-refractivity contribution is 5.31. The third-order valence-electron chi connectivity index (χ3n) is 5.67. The molecule has 0 saturated heterocycles. The lowest BCUT2D eigenvalue weighted by Crippen LogP contribution is -2.41. The first-order valence-electron chi connectivity index (χ1n) is 8.28. The molecule has 1 nitrogen and oxygen atoms in total. The zero-order valence-electron chi connectivity index (χ0n) is 13.2. The van der Waals surface area contributed by atoms with Crippen molar-refractivity contribution < 1.29 is 4.74 Å². The van der Waals surface area contributed by atoms with Crippen molar-refractivity contribution in [1.82, 2.24) is 0 Å². The maximum atomic E-state index is 5.83. The molecule has 0 spiro atoms. The van der Waals surface area contributed by atoms with Crippen LogP contribution >= 0.6 is 0 Å². The fourth-order valence-corrected chi connectivity index (χ4v) is 4.24. The molecule has 2 aliphatic rings. The number of hydrogen-bond donors (Lipinski definition) is 0. The van der Waals surface area contributed by atoms with Gasteiger partial charge in [0, 0.05) is 7.11 Å². The topological polar surface area (TPSA) is 9.23 Å². The van der Waals surface area contributed by atoms with Gasteiger partial charge in [-0.3, -0.25) is 0 Å². The zero-order chi connectivity index (χ0) is 14.2. The molecule has 0 N–H and O–H groups in total. The van der Waals surface area contributed by atoms with Gasteiger partial charge in [-0.15, -0.1) is 0 Å². The van der Waals surface area contributed by atoms with Gasteiger partial charge in [0.15, 0.2) is 0 Å². The van der Waals surface area contributed by atoms with E-state index in [9.17, 15) is 0 Å². The Morgan fingerprint density at radius 1 is 0.900 bits per heavy atom. The highest BCUT2D eigenvalue weighted by Crippen LogP contribution is 2.48. The standard InChI is InChI=1S/C19H28O/c1-14-4-6-16(7-5-14)17-8-10-18(11-9-17)19(20-3)12-15(2)13-19/h8-11,14-16H,4-7,12-13H2,1-3H3. The van der Waals surface area contributed by atoms with E-state index in [-0.39, 0.29) is 5.60 Å². The number of hydrogen-bond acceptors (Lipinski definition) is 1. The second kappa shape index (κ2) is 5.52. The Labute approximate surface area is 123 Å². The molecule has 1 aromatic carbocycles. The van der Waals surface area contributed by atoms with E-state index in [1.165, 1.54) is 44.1 Å². The van der Waals surface area contributed by atoms with Crippen molar-refractivity contribution in [2.24, 2.45) is 11.8 Å². The van der Waals surface area contributed by atoms with Crippen LogP contribution in [0.4, 0.5) is 0 Å². The molecule has 20 heavy (non-hydrogen) atoms. The number of methoxy groups -OCH3 is 1. The Morgan fingerprint density at radius 3 is 2.00 bits per heavy atom. The normalized spacial score (nSPS) is 37.5. The Bertz CT molecular complexity index is 433. The number of rotatable bonds is 3. The summed E-state index contributed by atoms with van der Waals surface area (Å²) in [5.41, 5.74) is 2.93. The first-order valence-corrected chi connectivity index (χ1v) is 8.28. The maximum Gasteiger partial charge on any atom is 0.0932 e. The van der Waals surface area contributed by atoms with E-state index in [0.29, 0.717) is 0 Å². The minimum absolute atomic E-state index is 0.0129. The van der Waals surface area contributed by atoms with E-state index in [0.717, 1.165) is 17.8 Å². The lowest BCUT2D eigenvalue weighted by Gasteiger charge is -2.45. The van der Waals surface area contributed by atoms with Crippen molar-refractivity contribution in [3.8, 4) is 0 Å². The second-order valence-corrected chi connectivity index (χ2v) is 7.29. The van der Waals surface area contributed by atoms with Crippen molar-refractivity contribution in [3.05, 3.63) is 35.4 Å². The summed E-state index contributed by atoms with van der Waals surface area (Å²) >= 11 is 0. The van der Waals surface area contributed by atoms with Crippen LogP contribution in [0.2, 0.25) is 0 Å². The van der Waals surface area contributed by atoms with E-state index < -0.39 is 0 Å². The van der Waals surface area contributed by atoms with Crippen LogP contribution in [0.1, 0.15) is 69.4 Å². The highest BCUT2D eigenvalue weighted by Gasteiger charge is 2.43. The van der Waals surface area contributed by atoms with Crippen LogP contribution in [0.5, 0.6) is 0 Å². The molecule has 0 radical (unpaired) electrons. The second-order valence-electron chi connectivity index (χ2n) is 7.29. The number of ether oxygens (including phenoxy) is 1. The van der Waals surface area contributed by atoms with Gasteiger partial charge in [-0.1, -0.05) is 51.0 Å². The lowest BCUT2D eigenvalue weighted by molar-refractivity contribution is -0.107. The summed E-state index contributed by atoms with van der Waals surface area (Å²) in [5.74, 6) is 2.52. The monoisotopic (exact) mass is 272 g/mol. The van der Waals surface area contributed by atoms with Gasteiger partial charge in [0.1, 0.15) is 0 Å². The van der Waals surface area contributed by atoms with Gasteiger partial charge in [-0.2, -0.15) is 0 Å². The molecule has 110 valence electrons. The summed E-state index contributed by atoms with van der Waals surface area (Å²) in [7, 11) is 1.86. The van der Waals surface area contributed by atoms with Gasteiger partial charge in [0.25, 0.3) is 0 Å². The summed E-state index contributed by atoms with van der Waals surface area (Å²) in [5, 5.41) is 0. The van der Waals surface area contributed by atoms with Gasteiger partial charge in [0.2, 0.25) is 0 Å². The Kier molecular flexibility index (Phi) is 3.90. The predicted molar refractivity (Wildman–Crippen MR) is 83.9 cm³/mol. The fourth-order valence-electron chi connectivity index (χ4n) is 4.24. The van der Waals surface area contributed by atoms with Crippen molar-refractivity contribution >= 4 is 0 Å². The summed E-state index contributed by atoms with van der Waals surface area (Å²) in [6, 6.07) is 9.37. The molecule has 2 aliphatic carbocycles. The molecular formula is C19H28O. The molecule has 0 aromatic heterocycles. The van der Waals surface area contributed by atoms with Crippen molar-refractivity contribution in [3.63, 3.8) is 0 Å². The zero-order valence-corrected chi connectivity index (χ0v) is 13.2. The van der Waals surface area contributed by atoms with Crippen LogP contribution in [-0.2, 0) is 10.3 Å². The Balaban J connectivity index is 1.71. The van der Waals surface area contributed by atoms with Crippen LogP contribution in [0, 0.1) is 11.8 Å². The van der Waals surface area contributed by atoms with Gasteiger partial charge in [0.05, 0.1) is 5.60 Å². The maximum absolute atomic E-state index is 5.83. The fraction of sp³-hybridized carbons (Fsp3) is 0.684. The molecular weight excluding hydrogens is 244 g/mol. The smallest absolute Gasteiger partial charge is 0.0932 e. The van der Waals surface area contributed by atoms with E-state index in [4.69, 9.17) is 4.74 Å². The van der Waals surface area contributed by atoms with Crippen LogP contribution in [0.25, 0.3) is 0 Å². The molecule has 1 aromatic rings. The van der Waals surface area contributed by atoms with Crippen molar-refractivity contribution in [2.45, 2.75) is 63.9 Å². The largest absolute Gasteiger partial charge is 0.374 e. The average molecular weight is 272 g/mol. The SMILES string of the molecule is COC1(c2ccc(C3CCC(C)CC3)cc2)CC(C)C1. The van der Waals surface area contributed by atoms with E-state index in [2.05, 4.69) is 38.1 Å². The quantitative estimate of drug-likeness (QED) is 0.730. The van der Waals surface area contributed by atoms with Gasteiger partial charge in [-0.25, -0.2) is 0 Å². The predicted octanol–water partition coefficient (Wildman–Crippen LogP) is 5.25. The lowest BCUT2D eigenvalue weighted by atomic mass is 9.67. The van der Waals surface area contributed by atoms with Crippen molar-refractivity contribution in [1.29, 1.82) is 0 Å². The third-order valence-corrected chi connectivity index (χ3v) is 5.67. The van der Waals surface area contributed by atoms with Crippen molar-refractivity contribution in [2.75, 3.05) is 7.11 Å². The van der Waals surface area contributed by atoms with Gasteiger partial charge >= 0.3 is 0 Å². The van der Waals surface area contributed by atoms with Crippen LogP contribution in [0.15, 0.2) is 24.3 Å². The molecule has 2 saturated carbocycles. The summed E-state index contributed by atoms with van der Waals surface area (Å²) in [6.07, 6.45) is 7.87. The van der Waals surface area contributed by atoms with E-state index >= 15 is 0 Å². The molecule has 3 rings (SSSR count). The number of benzene rings is 1. The van der Waals surface area contributed by atoms with Gasteiger partial charge < -0.3 is 4.74 Å². The molecule has 0 aliphatic heterocycles. The van der Waals surface area contributed by atoms with E-state index in [1.54, 1.807) is 5.56 Å². The molecule has 0 amide bonds. The van der Waals surface area contributed by atoms with Gasteiger partial charge in [-0.05, 0) is 54.6 Å². The average Bonchev–Trinajstić information content (AvgIpc) is 2.45. The Hall–Kier alpha value is -0.820. The minimum Gasteiger partial charge on any atom is -0.374 e. The molecule has 0 heterocycles. The molecule has 1 heteroatoms. The molecule has 0 bridgehead atoms.